The molecule has 4 aromatic rings. The highest BCUT2D eigenvalue weighted by Crippen LogP contribution is 2.37. The average Bonchev–Trinajstić information content (AvgIpc) is 3.09. The second kappa shape index (κ2) is 7.56. The van der Waals surface area contributed by atoms with Crippen molar-refractivity contribution < 1.29 is 9.47 Å². The zero-order chi connectivity index (χ0) is 20.4. The first kappa shape index (κ1) is 18.4. The standard InChI is InChI=1S/C23H20N4O2/c1-16-21(28-3)15-27-22(16)23(17(13-24)14-25-27)26(2)18-9-11-20(12-10-18)29-19-7-5-4-6-8-19/h4-12,14-15H,1-3H3. The van der Waals surface area contributed by atoms with Gasteiger partial charge in [-0.3, -0.25) is 0 Å². The number of methoxy groups -OCH3 is 1. The van der Waals surface area contributed by atoms with Gasteiger partial charge in [0.15, 0.2) is 0 Å². The molecule has 6 nitrogen and oxygen atoms in total. The highest BCUT2D eigenvalue weighted by Gasteiger charge is 2.19. The van der Waals surface area contributed by atoms with Crippen molar-refractivity contribution in [1.82, 2.24) is 9.61 Å². The van der Waals surface area contributed by atoms with Gasteiger partial charge in [-0.1, -0.05) is 18.2 Å². The highest BCUT2D eigenvalue weighted by atomic mass is 16.5. The Morgan fingerprint density at radius 2 is 1.72 bits per heavy atom. The molecule has 0 N–H and O–H groups in total. The molecule has 6 heteroatoms. The number of nitriles is 1. The predicted molar refractivity (Wildman–Crippen MR) is 112 cm³/mol. The van der Waals surface area contributed by atoms with E-state index in [1.807, 2.05) is 79.7 Å². The number of aromatic nitrogens is 2. The Hall–Kier alpha value is -3.98. The maximum absolute atomic E-state index is 9.66. The van der Waals surface area contributed by atoms with Crippen LogP contribution in [0.1, 0.15) is 11.1 Å². The summed E-state index contributed by atoms with van der Waals surface area (Å²) in [4.78, 5) is 1.98. The molecule has 0 spiro atoms. The van der Waals surface area contributed by atoms with Crippen LogP contribution in [0.4, 0.5) is 11.4 Å². The van der Waals surface area contributed by atoms with Gasteiger partial charge in [0.1, 0.15) is 23.3 Å². The van der Waals surface area contributed by atoms with E-state index >= 15 is 0 Å². The van der Waals surface area contributed by atoms with Gasteiger partial charge in [-0.2, -0.15) is 10.4 Å². The average molecular weight is 384 g/mol. The molecule has 2 heterocycles. The van der Waals surface area contributed by atoms with Crippen molar-refractivity contribution in [1.29, 1.82) is 5.26 Å². The Kier molecular flexibility index (Phi) is 4.80. The summed E-state index contributed by atoms with van der Waals surface area (Å²) in [6.45, 7) is 1.96. The lowest BCUT2D eigenvalue weighted by atomic mass is 10.1. The smallest absolute Gasteiger partial charge is 0.142 e. The Labute approximate surface area is 169 Å². The molecule has 0 saturated carbocycles. The molecule has 0 aliphatic heterocycles. The molecule has 2 aromatic heterocycles. The molecule has 0 aliphatic carbocycles. The number of hydrogen-bond donors (Lipinski definition) is 0. The summed E-state index contributed by atoms with van der Waals surface area (Å²) in [5.74, 6) is 2.26. The number of ether oxygens (including phenoxy) is 2. The van der Waals surface area contributed by atoms with E-state index in [9.17, 15) is 5.26 Å². The quantitative estimate of drug-likeness (QED) is 0.480. The lowest BCUT2D eigenvalue weighted by Gasteiger charge is -2.22. The highest BCUT2D eigenvalue weighted by molar-refractivity contribution is 5.86. The monoisotopic (exact) mass is 384 g/mol. The fraction of sp³-hybridized carbons (Fsp3) is 0.130. The lowest BCUT2D eigenvalue weighted by molar-refractivity contribution is 0.412. The first-order chi connectivity index (χ1) is 14.1. The van der Waals surface area contributed by atoms with Crippen LogP contribution in [-0.4, -0.2) is 23.8 Å². The van der Waals surface area contributed by atoms with Crippen LogP contribution in [0.15, 0.2) is 67.0 Å². The largest absolute Gasteiger partial charge is 0.495 e. The van der Waals surface area contributed by atoms with Gasteiger partial charge in [0, 0.05) is 18.3 Å². The van der Waals surface area contributed by atoms with Crippen molar-refractivity contribution in [3.8, 4) is 23.3 Å². The molecule has 144 valence electrons. The summed E-state index contributed by atoms with van der Waals surface area (Å²) in [6, 6.07) is 19.6. The molecular formula is C23H20N4O2. The van der Waals surface area contributed by atoms with Crippen molar-refractivity contribution in [3.05, 3.63) is 78.1 Å². The lowest BCUT2D eigenvalue weighted by Crippen LogP contribution is -2.13. The molecule has 29 heavy (non-hydrogen) atoms. The van der Waals surface area contributed by atoms with Gasteiger partial charge in [-0.15, -0.1) is 0 Å². The predicted octanol–water partition coefficient (Wildman–Crippen LogP) is 5.08. The minimum absolute atomic E-state index is 0.494. The number of anilines is 2. The number of benzene rings is 2. The normalized spacial score (nSPS) is 10.6. The molecule has 0 atom stereocenters. The van der Waals surface area contributed by atoms with Crippen LogP contribution >= 0.6 is 0 Å². The van der Waals surface area contributed by atoms with Crippen LogP contribution in [-0.2, 0) is 0 Å². The van der Waals surface area contributed by atoms with Gasteiger partial charge in [-0.05, 0) is 43.3 Å². The summed E-state index contributed by atoms with van der Waals surface area (Å²) >= 11 is 0. The molecule has 0 bridgehead atoms. The van der Waals surface area contributed by atoms with E-state index in [0.717, 1.165) is 39.7 Å². The molecule has 2 aromatic carbocycles. The maximum Gasteiger partial charge on any atom is 0.142 e. The number of fused-ring (bicyclic) bond motifs is 1. The van der Waals surface area contributed by atoms with Gasteiger partial charge in [0.05, 0.1) is 36.3 Å². The van der Waals surface area contributed by atoms with Crippen LogP contribution in [0.25, 0.3) is 5.52 Å². The van der Waals surface area contributed by atoms with Crippen molar-refractivity contribution in [2.45, 2.75) is 6.92 Å². The van der Waals surface area contributed by atoms with Crippen LogP contribution in [0, 0.1) is 18.3 Å². The molecule has 0 amide bonds. The molecule has 0 radical (unpaired) electrons. The molecular weight excluding hydrogens is 364 g/mol. The van der Waals surface area contributed by atoms with E-state index < -0.39 is 0 Å². The third kappa shape index (κ3) is 3.34. The zero-order valence-corrected chi connectivity index (χ0v) is 16.5. The Balaban J connectivity index is 1.72. The molecule has 0 saturated heterocycles. The van der Waals surface area contributed by atoms with Gasteiger partial charge >= 0.3 is 0 Å². The van der Waals surface area contributed by atoms with Gasteiger partial charge in [-0.25, -0.2) is 4.52 Å². The number of aryl methyl sites for hydroxylation is 1. The number of para-hydroxylation sites is 1. The third-order valence-electron chi connectivity index (χ3n) is 4.86. The molecule has 4 rings (SSSR count). The molecule has 0 unspecified atom stereocenters. The van der Waals surface area contributed by atoms with Crippen LogP contribution < -0.4 is 14.4 Å². The summed E-state index contributed by atoms with van der Waals surface area (Å²) in [7, 11) is 3.56. The van der Waals surface area contributed by atoms with E-state index in [1.54, 1.807) is 17.8 Å². The van der Waals surface area contributed by atoms with Crippen LogP contribution in [0.2, 0.25) is 0 Å². The fourth-order valence-corrected chi connectivity index (χ4v) is 3.37. The fourth-order valence-electron chi connectivity index (χ4n) is 3.37. The Bertz CT molecular complexity index is 1190. The van der Waals surface area contributed by atoms with E-state index in [2.05, 4.69) is 11.2 Å². The first-order valence-corrected chi connectivity index (χ1v) is 9.14. The van der Waals surface area contributed by atoms with Crippen LogP contribution in [0.3, 0.4) is 0 Å². The van der Waals surface area contributed by atoms with Crippen molar-refractivity contribution >= 4 is 16.9 Å². The third-order valence-corrected chi connectivity index (χ3v) is 4.86. The minimum atomic E-state index is 0.494. The second-order valence-electron chi connectivity index (χ2n) is 6.60. The van der Waals surface area contributed by atoms with Crippen molar-refractivity contribution in [3.63, 3.8) is 0 Å². The Morgan fingerprint density at radius 3 is 2.38 bits per heavy atom. The second-order valence-corrected chi connectivity index (χ2v) is 6.60. The number of hydrogen-bond acceptors (Lipinski definition) is 5. The minimum Gasteiger partial charge on any atom is -0.495 e. The van der Waals surface area contributed by atoms with E-state index in [4.69, 9.17) is 9.47 Å². The van der Waals surface area contributed by atoms with Gasteiger partial charge in [0.2, 0.25) is 0 Å². The van der Waals surface area contributed by atoms with E-state index in [0.29, 0.717) is 5.56 Å². The topological polar surface area (TPSA) is 62.8 Å². The van der Waals surface area contributed by atoms with E-state index in [1.165, 1.54) is 0 Å². The van der Waals surface area contributed by atoms with E-state index in [-0.39, 0.29) is 0 Å². The zero-order valence-electron chi connectivity index (χ0n) is 16.5. The number of nitrogens with zero attached hydrogens (tertiary/aromatic N) is 4. The summed E-state index contributed by atoms with van der Waals surface area (Å²) in [5, 5.41) is 14.0. The van der Waals surface area contributed by atoms with Gasteiger partial charge < -0.3 is 14.4 Å². The van der Waals surface area contributed by atoms with Crippen molar-refractivity contribution in [2.24, 2.45) is 0 Å². The summed E-state index contributed by atoms with van der Waals surface area (Å²) in [5.41, 5.74) is 3.97. The SMILES string of the molecule is COc1cn2ncc(C#N)c(N(C)c3ccc(Oc4ccccc4)cc3)c2c1C. The first-order valence-electron chi connectivity index (χ1n) is 9.14. The molecule has 0 fully saturated rings. The Morgan fingerprint density at radius 1 is 1.03 bits per heavy atom. The van der Waals surface area contributed by atoms with Gasteiger partial charge in [0.25, 0.3) is 0 Å². The maximum atomic E-state index is 9.66. The summed E-state index contributed by atoms with van der Waals surface area (Å²) < 4.78 is 13.1. The van der Waals surface area contributed by atoms with Crippen LogP contribution in [0.5, 0.6) is 17.2 Å². The van der Waals surface area contributed by atoms with Crippen molar-refractivity contribution in [2.75, 3.05) is 19.1 Å². The number of rotatable bonds is 5. The molecule has 0 aliphatic rings. The summed E-state index contributed by atoms with van der Waals surface area (Å²) in [6.07, 6.45) is 3.39.